The van der Waals surface area contributed by atoms with E-state index in [1.54, 1.807) is 24.5 Å². The quantitative estimate of drug-likeness (QED) is 0.728. The van der Waals surface area contributed by atoms with Crippen molar-refractivity contribution in [3.05, 3.63) is 41.7 Å². The van der Waals surface area contributed by atoms with Crippen molar-refractivity contribution < 1.29 is 9.84 Å². The summed E-state index contributed by atoms with van der Waals surface area (Å²) >= 11 is 5.94. The zero-order valence-corrected chi connectivity index (χ0v) is 15.3. The third kappa shape index (κ3) is 2.95. The van der Waals surface area contributed by atoms with E-state index in [1.165, 1.54) is 6.07 Å². The fourth-order valence-corrected chi connectivity index (χ4v) is 3.34. The number of benzene rings is 1. The first-order valence-electron chi connectivity index (χ1n) is 8.39. The van der Waals surface area contributed by atoms with Gasteiger partial charge in [-0.3, -0.25) is 4.98 Å². The highest BCUT2D eigenvalue weighted by atomic mass is 35.5. The van der Waals surface area contributed by atoms with Crippen LogP contribution in [0.2, 0.25) is 5.02 Å². The molecule has 1 atom stereocenters. The standard InChI is InChI=1S/C19H19ClN4O2/c1-19(2)10-26-9-16(19)22-18-14-8-21-6-5-12(14)17(23-24-18)13-4-3-11(20)7-15(13)25/h3-8,16,25H,9-10H2,1-2H3,(H,22,24). The Morgan fingerprint density at radius 3 is 2.81 bits per heavy atom. The van der Waals surface area contributed by atoms with Crippen molar-refractivity contribution in [3.63, 3.8) is 0 Å². The van der Waals surface area contributed by atoms with Crippen molar-refractivity contribution in [2.24, 2.45) is 5.41 Å². The second-order valence-electron chi connectivity index (χ2n) is 7.18. The molecule has 1 fully saturated rings. The lowest BCUT2D eigenvalue weighted by Crippen LogP contribution is -2.35. The molecule has 1 aliphatic rings. The number of anilines is 1. The predicted octanol–water partition coefficient (Wildman–Crippen LogP) is 3.89. The van der Waals surface area contributed by atoms with Crippen LogP contribution in [-0.4, -0.2) is 39.5 Å². The Hall–Kier alpha value is -2.44. The van der Waals surface area contributed by atoms with Crippen LogP contribution < -0.4 is 5.32 Å². The minimum absolute atomic E-state index is 0.00330. The summed E-state index contributed by atoms with van der Waals surface area (Å²) in [4.78, 5) is 4.23. The molecule has 0 radical (unpaired) electrons. The van der Waals surface area contributed by atoms with Gasteiger partial charge in [-0.05, 0) is 24.3 Å². The monoisotopic (exact) mass is 370 g/mol. The van der Waals surface area contributed by atoms with Crippen molar-refractivity contribution >= 4 is 28.2 Å². The number of pyridine rings is 1. The molecule has 0 aliphatic carbocycles. The van der Waals surface area contributed by atoms with Crippen LogP contribution in [0.5, 0.6) is 5.75 Å². The zero-order valence-electron chi connectivity index (χ0n) is 14.5. The topological polar surface area (TPSA) is 80.2 Å². The number of ether oxygens (including phenoxy) is 1. The normalized spacial score (nSPS) is 19.0. The van der Waals surface area contributed by atoms with Crippen molar-refractivity contribution in [1.29, 1.82) is 0 Å². The molecule has 0 spiro atoms. The maximum atomic E-state index is 10.3. The Morgan fingerprint density at radius 1 is 1.23 bits per heavy atom. The van der Waals surface area contributed by atoms with Crippen LogP contribution >= 0.6 is 11.6 Å². The van der Waals surface area contributed by atoms with Crippen LogP contribution in [0.3, 0.4) is 0 Å². The van der Waals surface area contributed by atoms with E-state index in [9.17, 15) is 5.11 Å². The van der Waals surface area contributed by atoms with Crippen LogP contribution in [0, 0.1) is 5.41 Å². The molecule has 1 aliphatic heterocycles. The van der Waals surface area contributed by atoms with E-state index in [4.69, 9.17) is 16.3 Å². The van der Waals surface area contributed by atoms with Gasteiger partial charge in [0.25, 0.3) is 0 Å². The molecule has 0 amide bonds. The Kier molecular flexibility index (Phi) is 4.17. The molecule has 2 aromatic heterocycles. The lowest BCUT2D eigenvalue weighted by Gasteiger charge is -2.26. The molecular weight excluding hydrogens is 352 g/mol. The van der Waals surface area contributed by atoms with Gasteiger partial charge < -0.3 is 15.2 Å². The molecule has 4 rings (SSSR count). The molecule has 1 aromatic carbocycles. The van der Waals surface area contributed by atoms with E-state index in [2.05, 4.69) is 34.3 Å². The summed E-state index contributed by atoms with van der Waals surface area (Å²) in [7, 11) is 0. The Bertz CT molecular complexity index is 977. The van der Waals surface area contributed by atoms with Crippen molar-refractivity contribution in [2.75, 3.05) is 18.5 Å². The third-order valence-electron chi connectivity index (χ3n) is 4.81. The van der Waals surface area contributed by atoms with Gasteiger partial charge in [0.1, 0.15) is 11.4 Å². The van der Waals surface area contributed by atoms with Gasteiger partial charge >= 0.3 is 0 Å². The van der Waals surface area contributed by atoms with Crippen LogP contribution in [0.15, 0.2) is 36.7 Å². The van der Waals surface area contributed by atoms with E-state index < -0.39 is 0 Å². The SMILES string of the molecule is CC1(C)COCC1Nc1nnc(-c2ccc(Cl)cc2O)c2ccncc12. The smallest absolute Gasteiger partial charge is 0.158 e. The molecule has 7 heteroatoms. The van der Waals surface area contributed by atoms with Crippen molar-refractivity contribution in [1.82, 2.24) is 15.2 Å². The third-order valence-corrected chi connectivity index (χ3v) is 5.04. The summed E-state index contributed by atoms with van der Waals surface area (Å²) < 4.78 is 5.60. The maximum absolute atomic E-state index is 10.3. The highest BCUT2D eigenvalue weighted by Gasteiger charge is 2.36. The molecule has 3 heterocycles. The van der Waals surface area contributed by atoms with Crippen LogP contribution in [0.25, 0.3) is 22.0 Å². The molecule has 0 saturated carbocycles. The van der Waals surface area contributed by atoms with E-state index in [0.29, 0.717) is 35.3 Å². The van der Waals surface area contributed by atoms with E-state index >= 15 is 0 Å². The number of halogens is 1. The minimum Gasteiger partial charge on any atom is -0.507 e. The maximum Gasteiger partial charge on any atom is 0.158 e. The van der Waals surface area contributed by atoms with Crippen molar-refractivity contribution in [2.45, 2.75) is 19.9 Å². The van der Waals surface area contributed by atoms with E-state index in [0.717, 1.165) is 10.8 Å². The summed E-state index contributed by atoms with van der Waals surface area (Å²) in [5.41, 5.74) is 1.17. The zero-order chi connectivity index (χ0) is 18.3. The Balaban J connectivity index is 1.81. The summed E-state index contributed by atoms with van der Waals surface area (Å²) in [5.74, 6) is 0.727. The number of nitrogens with zero attached hydrogens (tertiary/aromatic N) is 3. The number of hydrogen-bond donors (Lipinski definition) is 2. The fourth-order valence-electron chi connectivity index (χ4n) is 3.18. The van der Waals surface area contributed by atoms with Crippen LogP contribution in [0.4, 0.5) is 5.82 Å². The molecule has 1 unspecified atom stereocenters. The Morgan fingerprint density at radius 2 is 2.08 bits per heavy atom. The van der Waals surface area contributed by atoms with Gasteiger partial charge in [0.2, 0.25) is 0 Å². The molecule has 26 heavy (non-hydrogen) atoms. The van der Waals surface area contributed by atoms with Crippen LogP contribution in [0.1, 0.15) is 13.8 Å². The van der Waals surface area contributed by atoms with Gasteiger partial charge in [-0.25, -0.2) is 0 Å². The number of fused-ring (bicyclic) bond motifs is 1. The molecule has 2 N–H and O–H groups in total. The van der Waals surface area contributed by atoms with Crippen molar-refractivity contribution in [3.8, 4) is 17.0 Å². The molecule has 134 valence electrons. The average Bonchev–Trinajstić information content (AvgIpc) is 2.94. The number of phenolic OH excluding ortho intramolecular Hbond substituents is 1. The summed E-state index contributed by atoms with van der Waals surface area (Å²) in [6.07, 6.45) is 3.46. The number of rotatable bonds is 3. The largest absolute Gasteiger partial charge is 0.507 e. The highest BCUT2D eigenvalue weighted by molar-refractivity contribution is 6.30. The number of aromatic hydroxyl groups is 1. The number of nitrogens with one attached hydrogen (secondary N) is 1. The van der Waals surface area contributed by atoms with Gasteiger partial charge in [0.15, 0.2) is 5.82 Å². The lowest BCUT2D eigenvalue weighted by atomic mass is 9.88. The Labute approximate surface area is 156 Å². The number of aromatic nitrogens is 3. The van der Waals surface area contributed by atoms with Gasteiger partial charge in [-0.2, -0.15) is 0 Å². The van der Waals surface area contributed by atoms with E-state index in [-0.39, 0.29) is 17.2 Å². The molecule has 1 saturated heterocycles. The number of phenols is 1. The second-order valence-corrected chi connectivity index (χ2v) is 7.62. The molecule has 6 nitrogen and oxygen atoms in total. The first-order chi connectivity index (χ1) is 12.5. The molecule has 3 aromatic rings. The van der Waals surface area contributed by atoms with Gasteiger partial charge in [-0.15, -0.1) is 10.2 Å². The highest BCUT2D eigenvalue weighted by Crippen LogP contribution is 2.37. The van der Waals surface area contributed by atoms with E-state index in [1.807, 2.05) is 6.07 Å². The summed E-state index contributed by atoms with van der Waals surface area (Å²) in [6, 6.07) is 6.96. The second kappa shape index (κ2) is 6.37. The average molecular weight is 371 g/mol. The molecule has 0 bridgehead atoms. The molecular formula is C19H19ClN4O2. The number of hydrogen-bond acceptors (Lipinski definition) is 6. The van der Waals surface area contributed by atoms with Gasteiger partial charge in [0, 0.05) is 39.2 Å². The lowest BCUT2D eigenvalue weighted by molar-refractivity contribution is 0.167. The summed E-state index contributed by atoms with van der Waals surface area (Å²) in [5, 5.41) is 24.6. The summed E-state index contributed by atoms with van der Waals surface area (Å²) in [6.45, 7) is 5.64. The van der Waals surface area contributed by atoms with Gasteiger partial charge in [-0.1, -0.05) is 25.4 Å². The minimum atomic E-state index is 0.00330. The first kappa shape index (κ1) is 17.0. The van der Waals surface area contributed by atoms with Gasteiger partial charge in [0.05, 0.1) is 19.3 Å². The van der Waals surface area contributed by atoms with Crippen LogP contribution in [-0.2, 0) is 4.74 Å². The first-order valence-corrected chi connectivity index (χ1v) is 8.77. The predicted molar refractivity (Wildman–Crippen MR) is 101 cm³/mol. The fraction of sp³-hybridized carbons (Fsp3) is 0.316.